The molecule has 0 heterocycles. The average Bonchev–Trinajstić information content (AvgIpc) is 3.27. The van der Waals surface area contributed by atoms with E-state index in [0.29, 0.717) is 0 Å². The van der Waals surface area contributed by atoms with Crippen LogP contribution in [0.1, 0.15) is 29.9 Å². The molecule has 1 aliphatic carbocycles. The minimum Gasteiger partial charge on any atom is -0.449 e. The van der Waals surface area contributed by atoms with Gasteiger partial charge in [0, 0.05) is 12.5 Å². The first-order chi connectivity index (χ1) is 19.1. The quantitative estimate of drug-likeness (QED) is 0.0875. The third-order valence-corrected chi connectivity index (χ3v) is 6.26. The lowest BCUT2D eigenvalue weighted by atomic mass is 9.98. The molecular formula is C27H22F5N3O5. The van der Waals surface area contributed by atoms with E-state index in [4.69, 9.17) is 10.5 Å². The maximum Gasteiger partial charge on any atom is 0.407 e. The van der Waals surface area contributed by atoms with Crippen LogP contribution in [0, 0.1) is 29.1 Å². The number of esters is 1. The SMILES string of the molecule is NC(=O)NCCC[C@H](NC(=O)OCC1c2ccccc2-c2ccccc21)C(=O)Oc1c(F)c(F)c(F)c(F)c1F. The first-order valence-electron chi connectivity index (χ1n) is 12.0. The van der Waals surface area contributed by atoms with Crippen LogP contribution in [0.15, 0.2) is 48.5 Å². The Hall–Kier alpha value is -4.68. The highest BCUT2D eigenvalue weighted by atomic mass is 19.2. The summed E-state index contributed by atoms with van der Waals surface area (Å²) in [7, 11) is 0. The molecule has 0 aromatic heterocycles. The van der Waals surface area contributed by atoms with Crippen molar-refractivity contribution in [3.63, 3.8) is 0 Å². The Kier molecular flexibility index (Phi) is 8.51. The fraction of sp³-hybridized carbons (Fsp3) is 0.222. The summed E-state index contributed by atoms with van der Waals surface area (Å²) in [4.78, 5) is 36.3. The Morgan fingerprint density at radius 3 is 1.90 bits per heavy atom. The van der Waals surface area contributed by atoms with Crippen molar-refractivity contribution in [3.05, 3.63) is 88.7 Å². The molecule has 3 aromatic rings. The van der Waals surface area contributed by atoms with E-state index < -0.39 is 59.0 Å². The van der Waals surface area contributed by atoms with Crippen molar-refractivity contribution < 1.29 is 45.8 Å². The zero-order valence-corrected chi connectivity index (χ0v) is 20.6. The van der Waals surface area contributed by atoms with Gasteiger partial charge in [0.05, 0.1) is 0 Å². The van der Waals surface area contributed by atoms with Gasteiger partial charge in [0.15, 0.2) is 0 Å². The minimum atomic E-state index is -2.43. The molecule has 0 bridgehead atoms. The Bertz CT molecular complexity index is 1390. The van der Waals surface area contributed by atoms with Gasteiger partial charge in [0.2, 0.25) is 34.8 Å². The number of rotatable bonds is 9. The predicted molar refractivity (Wildman–Crippen MR) is 131 cm³/mol. The van der Waals surface area contributed by atoms with Gasteiger partial charge in [-0.15, -0.1) is 0 Å². The number of nitrogens with one attached hydrogen (secondary N) is 2. The number of urea groups is 1. The van der Waals surface area contributed by atoms with Gasteiger partial charge in [-0.2, -0.15) is 8.78 Å². The standard InChI is InChI=1S/C27H22F5N3O5/c28-19-20(29)22(31)24(23(32)21(19)30)40-25(36)18(10-5-11-34-26(33)37)35-27(38)39-12-17-15-8-3-1-6-13(15)14-7-2-4-9-16(14)17/h1-4,6-9,17-18H,5,10-12H2,(H,35,38)(H3,33,34,37)/t18-/m0/s1. The van der Waals surface area contributed by atoms with Crippen molar-refractivity contribution in [1.29, 1.82) is 0 Å². The van der Waals surface area contributed by atoms with Gasteiger partial charge in [0.25, 0.3) is 0 Å². The zero-order valence-electron chi connectivity index (χ0n) is 20.6. The number of benzene rings is 3. The topological polar surface area (TPSA) is 120 Å². The second-order valence-corrected chi connectivity index (χ2v) is 8.78. The van der Waals surface area contributed by atoms with Crippen molar-refractivity contribution in [2.75, 3.05) is 13.2 Å². The van der Waals surface area contributed by atoms with Gasteiger partial charge in [-0.05, 0) is 35.1 Å². The first-order valence-corrected chi connectivity index (χ1v) is 12.0. The number of amides is 3. The van der Waals surface area contributed by atoms with Gasteiger partial charge < -0.3 is 25.8 Å². The summed E-state index contributed by atoms with van der Waals surface area (Å²) >= 11 is 0. The number of hydrogen-bond donors (Lipinski definition) is 3. The highest BCUT2D eigenvalue weighted by Gasteiger charge is 2.33. The fourth-order valence-electron chi connectivity index (χ4n) is 4.40. The van der Waals surface area contributed by atoms with E-state index >= 15 is 0 Å². The van der Waals surface area contributed by atoms with E-state index in [1.165, 1.54) is 0 Å². The summed E-state index contributed by atoms with van der Waals surface area (Å²) in [5.74, 6) is -15.5. The van der Waals surface area contributed by atoms with E-state index in [1.54, 1.807) is 0 Å². The monoisotopic (exact) mass is 563 g/mol. The number of primary amides is 1. The van der Waals surface area contributed by atoms with Crippen LogP contribution in [0.2, 0.25) is 0 Å². The summed E-state index contributed by atoms with van der Waals surface area (Å²) in [6.45, 7) is -0.198. The number of ether oxygens (including phenoxy) is 2. The summed E-state index contributed by atoms with van der Waals surface area (Å²) in [6, 6.07) is 12.5. The Morgan fingerprint density at radius 1 is 0.825 bits per heavy atom. The third kappa shape index (κ3) is 5.82. The lowest BCUT2D eigenvalue weighted by Gasteiger charge is -2.19. The molecule has 1 atom stereocenters. The molecule has 0 spiro atoms. The number of carbonyl (C=O) groups is 3. The Morgan fingerprint density at radius 2 is 1.35 bits per heavy atom. The largest absolute Gasteiger partial charge is 0.449 e. The molecular weight excluding hydrogens is 541 g/mol. The molecule has 1 aliphatic rings. The molecule has 0 fully saturated rings. The first kappa shape index (κ1) is 28.3. The van der Waals surface area contributed by atoms with Crippen molar-refractivity contribution in [2.45, 2.75) is 24.8 Å². The molecule has 40 heavy (non-hydrogen) atoms. The van der Waals surface area contributed by atoms with Gasteiger partial charge in [-0.3, -0.25) is 0 Å². The van der Waals surface area contributed by atoms with E-state index in [9.17, 15) is 36.3 Å². The molecule has 3 aromatic carbocycles. The Labute approximate surface area is 224 Å². The second-order valence-electron chi connectivity index (χ2n) is 8.78. The third-order valence-electron chi connectivity index (χ3n) is 6.26. The van der Waals surface area contributed by atoms with Crippen molar-refractivity contribution in [2.24, 2.45) is 5.73 Å². The van der Waals surface area contributed by atoms with E-state index in [2.05, 4.69) is 15.4 Å². The van der Waals surface area contributed by atoms with Crippen LogP contribution in [0.4, 0.5) is 31.5 Å². The molecule has 0 saturated carbocycles. The molecule has 13 heteroatoms. The summed E-state index contributed by atoms with van der Waals surface area (Å²) in [5, 5.41) is 4.44. The van der Waals surface area contributed by atoms with Crippen LogP contribution in [0.5, 0.6) is 5.75 Å². The van der Waals surface area contributed by atoms with Crippen molar-refractivity contribution >= 4 is 18.1 Å². The normalized spacial score (nSPS) is 12.7. The molecule has 0 unspecified atom stereocenters. The molecule has 0 aliphatic heterocycles. The van der Waals surface area contributed by atoms with Gasteiger partial charge in [-0.25, -0.2) is 27.6 Å². The van der Waals surface area contributed by atoms with Crippen molar-refractivity contribution in [1.82, 2.24) is 10.6 Å². The second kappa shape index (κ2) is 12.0. The highest BCUT2D eigenvalue weighted by Crippen LogP contribution is 2.44. The molecule has 210 valence electrons. The van der Waals surface area contributed by atoms with E-state index in [1.807, 2.05) is 48.5 Å². The average molecular weight is 563 g/mol. The molecule has 4 rings (SSSR count). The highest BCUT2D eigenvalue weighted by molar-refractivity contribution is 5.83. The lowest BCUT2D eigenvalue weighted by Crippen LogP contribution is -2.44. The van der Waals surface area contributed by atoms with Crippen LogP contribution in [-0.2, 0) is 9.53 Å². The van der Waals surface area contributed by atoms with E-state index in [0.717, 1.165) is 22.3 Å². The maximum atomic E-state index is 14.0. The molecule has 3 amide bonds. The molecule has 0 radical (unpaired) electrons. The summed E-state index contributed by atoms with van der Waals surface area (Å²) in [5.41, 5.74) is 8.74. The molecule has 8 nitrogen and oxygen atoms in total. The van der Waals surface area contributed by atoms with Crippen LogP contribution in [0.25, 0.3) is 11.1 Å². The smallest absolute Gasteiger partial charge is 0.407 e. The predicted octanol–water partition coefficient (Wildman–Crippen LogP) is 4.64. The minimum absolute atomic E-state index is 0.00344. The van der Waals surface area contributed by atoms with Crippen LogP contribution < -0.4 is 21.1 Å². The number of alkyl carbamates (subject to hydrolysis) is 1. The lowest BCUT2D eigenvalue weighted by molar-refractivity contribution is -0.137. The number of carbonyl (C=O) groups excluding carboxylic acids is 3. The summed E-state index contributed by atoms with van der Waals surface area (Å²) < 4.78 is 78.4. The number of nitrogens with two attached hydrogens (primary N) is 1. The maximum absolute atomic E-state index is 14.0. The van der Waals surface area contributed by atoms with E-state index in [-0.39, 0.29) is 31.9 Å². The summed E-state index contributed by atoms with van der Waals surface area (Å²) in [6.07, 6.45) is -1.38. The number of hydrogen-bond acceptors (Lipinski definition) is 5. The van der Waals surface area contributed by atoms with Crippen LogP contribution in [0.3, 0.4) is 0 Å². The fourth-order valence-corrected chi connectivity index (χ4v) is 4.40. The molecule has 0 saturated heterocycles. The van der Waals surface area contributed by atoms with Gasteiger partial charge >= 0.3 is 18.1 Å². The number of halogens is 5. The molecule has 4 N–H and O–H groups in total. The zero-order chi connectivity index (χ0) is 29.0. The van der Waals surface area contributed by atoms with Gasteiger partial charge in [0.1, 0.15) is 12.6 Å². The number of fused-ring (bicyclic) bond motifs is 3. The van der Waals surface area contributed by atoms with Crippen LogP contribution in [-0.4, -0.2) is 37.3 Å². The van der Waals surface area contributed by atoms with Gasteiger partial charge in [-0.1, -0.05) is 48.5 Å². The van der Waals surface area contributed by atoms with Crippen LogP contribution >= 0.6 is 0 Å². The van der Waals surface area contributed by atoms with Crippen molar-refractivity contribution in [3.8, 4) is 16.9 Å². The Balaban J connectivity index is 1.48.